The van der Waals surface area contributed by atoms with E-state index in [0.717, 1.165) is 18.5 Å². The number of rotatable bonds is 3. The van der Waals surface area contributed by atoms with E-state index >= 15 is 0 Å². The number of hydrogen-bond donors (Lipinski definition) is 2. The molecule has 0 spiro atoms. The first-order chi connectivity index (χ1) is 8.73. The normalized spacial score (nSPS) is 45.3. The van der Waals surface area contributed by atoms with Crippen LogP contribution in [0.3, 0.4) is 0 Å². The molecule has 1 saturated carbocycles. The van der Waals surface area contributed by atoms with Crippen LogP contribution >= 0.6 is 0 Å². The predicted molar refractivity (Wildman–Crippen MR) is 75.6 cm³/mol. The van der Waals surface area contributed by atoms with Crippen LogP contribution in [0.15, 0.2) is 0 Å². The van der Waals surface area contributed by atoms with Crippen LogP contribution in [0.4, 0.5) is 0 Å². The molecule has 0 radical (unpaired) electrons. The van der Waals surface area contributed by atoms with E-state index in [1.165, 1.54) is 58.0 Å². The van der Waals surface area contributed by atoms with E-state index in [1.807, 2.05) is 0 Å². The zero-order valence-electron chi connectivity index (χ0n) is 11.8. The van der Waals surface area contributed by atoms with Crippen molar-refractivity contribution in [3.63, 3.8) is 0 Å². The quantitative estimate of drug-likeness (QED) is 0.802. The lowest BCUT2D eigenvalue weighted by molar-refractivity contribution is 0.132. The summed E-state index contributed by atoms with van der Waals surface area (Å²) in [5.74, 6) is 0.904. The Morgan fingerprint density at radius 3 is 2.83 bits per heavy atom. The maximum Gasteiger partial charge on any atom is 0.0475 e. The van der Waals surface area contributed by atoms with Gasteiger partial charge in [0.1, 0.15) is 0 Å². The van der Waals surface area contributed by atoms with E-state index in [0.29, 0.717) is 6.04 Å². The monoisotopic (exact) mass is 251 g/mol. The van der Waals surface area contributed by atoms with Crippen molar-refractivity contribution < 1.29 is 0 Å². The number of nitrogens with two attached hydrogens (primary N) is 1. The summed E-state index contributed by atoms with van der Waals surface area (Å²) in [6.45, 7) is 5.77. The van der Waals surface area contributed by atoms with Crippen LogP contribution in [0, 0.1) is 5.92 Å². The van der Waals surface area contributed by atoms with Gasteiger partial charge in [-0.25, -0.2) is 0 Å². The molecule has 104 valence electrons. The first-order valence-electron chi connectivity index (χ1n) is 7.95. The summed E-state index contributed by atoms with van der Waals surface area (Å²) in [6, 6.07) is 1.44. The molecule has 18 heavy (non-hydrogen) atoms. The highest BCUT2D eigenvalue weighted by molar-refractivity contribution is 5.09. The summed E-state index contributed by atoms with van der Waals surface area (Å²) in [5.41, 5.74) is 6.43. The summed E-state index contributed by atoms with van der Waals surface area (Å²) in [7, 11) is 0. The third-order valence-corrected chi connectivity index (χ3v) is 5.65. The fourth-order valence-electron chi connectivity index (χ4n) is 4.60. The summed E-state index contributed by atoms with van der Waals surface area (Å²) in [6.07, 6.45) is 9.51. The molecule has 2 saturated heterocycles. The molecule has 1 aliphatic carbocycles. The highest BCUT2D eigenvalue weighted by Crippen LogP contribution is 2.37. The fourth-order valence-corrected chi connectivity index (χ4v) is 4.60. The largest absolute Gasteiger partial charge is 0.329 e. The van der Waals surface area contributed by atoms with Gasteiger partial charge < -0.3 is 11.1 Å². The molecule has 3 N–H and O–H groups in total. The van der Waals surface area contributed by atoms with Crippen molar-refractivity contribution in [2.45, 2.75) is 69.5 Å². The van der Waals surface area contributed by atoms with Gasteiger partial charge in [0.25, 0.3) is 0 Å². The van der Waals surface area contributed by atoms with Crippen LogP contribution in [-0.4, -0.2) is 42.2 Å². The molecule has 0 bridgehead atoms. The Bertz CT molecular complexity index is 293. The maximum absolute atomic E-state index is 6.20. The van der Waals surface area contributed by atoms with E-state index in [4.69, 9.17) is 5.73 Å². The van der Waals surface area contributed by atoms with Crippen LogP contribution in [0.2, 0.25) is 0 Å². The molecule has 0 aromatic rings. The predicted octanol–water partition coefficient (Wildman–Crippen LogP) is 1.72. The molecule has 0 amide bonds. The zero-order valence-corrected chi connectivity index (χ0v) is 11.8. The van der Waals surface area contributed by atoms with Gasteiger partial charge in [0, 0.05) is 30.7 Å². The van der Waals surface area contributed by atoms with Gasteiger partial charge in [-0.2, -0.15) is 0 Å². The van der Waals surface area contributed by atoms with Gasteiger partial charge in [-0.3, -0.25) is 4.90 Å². The SMILES string of the molecule is CC1CCC(NC2(CN)CCN3CCCCC32)C1. The maximum atomic E-state index is 6.20. The van der Waals surface area contributed by atoms with E-state index in [2.05, 4.69) is 17.1 Å². The van der Waals surface area contributed by atoms with Gasteiger partial charge in [0.05, 0.1) is 0 Å². The van der Waals surface area contributed by atoms with Gasteiger partial charge in [0.2, 0.25) is 0 Å². The molecule has 3 fully saturated rings. The van der Waals surface area contributed by atoms with Crippen molar-refractivity contribution in [1.82, 2.24) is 10.2 Å². The fraction of sp³-hybridized carbons (Fsp3) is 1.00. The highest BCUT2D eigenvalue weighted by atomic mass is 15.3. The highest BCUT2D eigenvalue weighted by Gasteiger charge is 2.48. The van der Waals surface area contributed by atoms with E-state index in [1.54, 1.807) is 0 Å². The summed E-state index contributed by atoms with van der Waals surface area (Å²) < 4.78 is 0. The van der Waals surface area contributed by atoms with Crippen LogP contribution < -0.4 is 11.1 Å². The van der Waals surface area contributed by atoms with Gasteiger partial charge in [0.15, 0.2) is 0 Å². The van der Waals surface area contributed by atoms with Gasteiger partial charge in [-0.05, 0) is 51.0 Å². The van der Waals surface area contributed by atoms with E-state index < -0.39 is 0 Å². The van der Waals surface area contributed by atoms with Crippen molar-refractivity contribution in [2.75, 3.05) is 19.6 Å². The van der Waals surface area contributed by atoms with E-state index in [-0.39, 0.29) is 5.54 Å². The second kappa shape index (κ2) is 5.10. The molecule has 3 rings (SSSR count). The summed E-state index contributed by atoms with van der Waals surface area (Å²) >= 11 is 0. The second-order valence-electron chi connectivity index (χ2n) is 6.92. The lowest BCUT2D eigenvalue weighted by atomic mass is 9.84. The minimum atomic E-state index is 0.231. The number of hydrogen-bond acceptors (Lipinski definition) is 3. The number of fused-ring (bicyclic) bond motifs is 1. The van der Waals surface area contributed by atoms with Crippen LogP contribution in [0.1, 0.15) is 51.9 Å². The molecule has 4 atom stereocenters. The van der Waals surface area contributed by atoms with Crippen LogP contribution in [0.5, 0.6) is 0 Å². The molecule has 4 unspecified atom stereocenters. The molecule has 2 heterocycles. The number of nitrogens with one attached hydrogen (secondary N) is 1. The lowest BCUT2D eigenvalue weighted by Gasteiger charge is -2.42. The Labute approximate surface area is 111 Å². The molecule has 3 heteroatoms. The summed E-state index contributed by atoms with van der Waals surface area (Å²) in [5, 5.41) is 4.00. The zero-order chi connectivity index (χ0) is 12.6. The third-order valence-electron chi connectivity index (χ3n) is 5.65. The standard InChI is InChI=1S/C15H29N3/c1-12-5-6-13(10-12)17-15(11-16)7-9-18-8-3-2-4-14(15)18/h12-14,17H,2-11,16H2,1H3. The molecule has 3 nitrogen and oxygen atoms in total. The Balaban J connectivity index is 1.69. The molecule has 2 aliphatic heterocycles. The number of nitrogens with zero attached hydrogens (tertiary/aromatic N) is 1. The first kappa shape index (κ1) is 12.9. The molecule has 3 aliphatic rings. The van der Waals surface area contributed by atoms with Crippen molar-refractivity contribution in [3.8, 4) is 0 Å². The third kappa shape index (κ3) is 2.21. The Morgan fingerprint density at radius 1 is 1.22 bits per heavy atom. The van der Waals surface area contributed by atoms with E-state index in [9.17, 15) is 0 Å². The Kier molecular flexibility index (Phi) is 3.65. The Hall–Kier alpha value is -0.120. The van der Waals surface area contributed by atoms with Gasteiger partial charge >= 0.3 is 0 Å². The first-order valence-corrected chi connectivity index (χ1v) is 7.95. The van der Waals surface area contributed by atoms with Crippen molar-refractivity contribution in [2.24, 2.45) is 11.7 Å². The second-order valence-corrected chi connectivity index (χ2v) is 6.92. The minimum Gasteiger partial charge on any atom is -0.329 e. The molecule has 0 aromatic heterocycles. The van der Waals surface area contributed by atoms with Gasteiger partial charge in [-0.1, -0.05) is 13.3 Å². The molecular formula is C15H29N3. The molecular weight excluding hydrogens is 222 g/mol. The Morgan fingerprint density at radius 2 is 2.11 bits per heavy atom. The van der Waals surface area contributed by atoms with Crippen LogP contribution in [0.25, 0.3) is 0 Å². The topological polar surface area (TPSA) is 41.3 Å². The average Bonchev–Trinajstić information content (AvgIpc) is 2.96. The minimum absolute atomic E-state index is 0.231. The van der Waals surface area contributed by atoms with Crippen molar-refractivity contribution >= 4 is 0 Å². The summed E-state index contributed by atoms with van der Waals surface area (Å²) in [4.78, 5) is 2.70. The van der Waals surface area contributed by atoms with Crippen molar-refractivity contribution in [3.05, 3.63) is 0 Å². The lowest BCUT2D eigenvalue weighted by Crippen LogP contribution is -2.62. The smallest absolute Gasteiger partial charge is 0.0475 e. The molecule has 0 aromatic carbocycles. The van der Waals surface area contributed by atoms with Gasteiger partial charge in [-0.15, -0.1) is 0 Å². The average molecular weight is 251 g/mol. The van der Waals surface area contributed by atoms with Crippen LogP contribution in [-0.2, 0) is 0 Å². The number of piperidine rings is 1. The van der Waals surface area contributed by atoms with Crippen molar-refractivity contribution in [1.29, 1.82) is 0 Å².